The predicted octanol–water partition coefficient (Wildman–Crippen LogP) is 0.936. The summed E-state index contributed by atoms with van der Waals surface area (Å²) in [4.78, 5) is 14.2. The Morgan fingerprint density at radius 1 is 1.50 bits per heavy atom. The number of hydrogen-bond donors (Lipinski definition) is 1. The van der Waals surface area contributed by atoms with Crippen molar-refractivity contribution >= 4 is 5.91 Å². The van der Waals surface area contributed by atoms with Crippen LogP contribution in [-0.4, -0.2) is 45.3 Å². The molecule has 2 atom stereocenters. The highest BCUT2D eigenvalue weighted by atomic mass is 16.3. The average Bonchev–Trinajstić information content (AvgIpc) is 2.72. The Kier molecular flexibility index (Phi) is 3.61. The molecule has 1 aromatic rings. The number of carbonyl (C=O) groups is 1. The molecule has 1 N–H and O–H groups in total. The Morgan fingerprint density at radius 3 is 2.89 bits per heavy atom. The first-order chi connectivity index (χ1) is 8.54. The molecule has 18 heavy (non-hydrogen) atoms. The summed E-state index contributed by atoms with van der Waals surface area (Å²) >= 11 is 0. The quantitative estimate of drug-likeness (QED) is 0.847. The topological polar surface area (TPSA) is 66.3 Å². The summed E-state index contributed by atoms with van der Waals surface area (Å²) in [5.41, 5.74) is 1.97. The summed E-state index contributed by atoms with van der Waals surface area (Å²) in [7, 11) is 0. The molecular formula is C13H19N3O2. The Hall–Kier alpha value is -1.49. The second kappa shape index (κ2) is 5.02. The van der Waals surface area contributed by atoms with Gasteiger partial charge in [0.15, 0.2) is 0 Å². The zero-order valence-electron chi connectivity index (χ0n) is 11.1. The molecule has 2 rings (SSSR count). The van der Waals surface area contributed by atoms with E-state index in [4.69, 9.17) is 0 Å². The molecule has 1 aliphatic heterocycles. The van der Waals surface area contributed by atoms with Gasteiger partial charge >= 0.3 is 0 Å². The molecule has 2 heterocycles. The maximum absolute atomic E-state index is 12.5. The van der Waals surface area contributed by atoms with Crippen molar-refractivity contribution in [3.8, 4) is 0 Å². The van der Waals surface area contributed by atoms with Crippen molar-refractivity contribution in [2.24, 2.45) is 5.92 Å². The van der Waals surface area contributed by atoms with E-state index in [-0.39, 0.29) is 18.6 Å². The van der Waals surface area contributed by atoms with E-state index in [9.17, 15) is 9.90 Å². The minimum absolute atomic E-state index is 0.0173. The molecule has 5 nitrogen and oxygen atoms in total. The van der Waals surface area contributed by atoms with Gasteiger partial charge in [0.2, 0.25) is 0 Å². The molecule has 0 bridgehead atoms. The molecule has 5 heteroatoms. The zero-order chi connectivity index (χ0) is 13.3. The zero-order valence-corrected chi connectivity index (χ0v) is 11.1. The van der Waals surface area contributed by atoms with Crippen LogP contribution >= 0.6 is 0 Å². The maximum atomic E-state index is 12.5. The second-order valence-electron chi connectivity index (χ2n) is 5.00. The molecule has 1 amide bonds. The molecule has 0 radical (unpaired) electrons. The Labute approximate surface area is 107 Å². The minimum atomic E-state index is -0.0784. The van der Waals surface area contributed by atoms with Gasteiger partial charge in [-0.15, -0.1) is 0 Å². The first-order valence-corrected chi connectivity index (χ1v) is 6.27. The summed E-state index contributed by atoms with van der Waals surface area (Å²) in [6.45, 7) is 6.39. The largest absolute Gasteiger partial charge is 0.394 e. The third-order valence-electron chi connectivity index (χ3n) is 3.66. The lowest BCUT2D eigenvalue weighted by molar-refractivity contribution is 0.0646. The van der Waals surface area contributed by atoms with Crippen molar-refractivity contribution in [1.82, 2.24) is 15.1 Å². The highest BCUT2D eigenvalue weighted by Crippen LogP contribution is 2.25. The molecule has 0 aliphatic carbocycles. The van der Waals surface area contributed by atoms with Crippen LogP contribution in [0.5, 0.6) is 0 Å². The van der Waals surface area contributed by atoms with Gasteiger partial charge in [0.05, 0.1) is 29.6 Å². The number of carbonyl (C=O) groups excluding carboxylic acids is 1. The van der Waals surface area contributed by atoms with Crippen LogP contribution in [0.15, 0.2) is 6.07 Å². The number of likely N-dealkylation sites (tertiary alicyclic amines) is 1. The van der Waals surface area contributed by atoms with E-state index in [0.29, 0.717) is 23.7 Å². The first kappa shape index (κ1) is 13.0. The number of rotatable bonds is 2. The van der Waals surface area contributed by atoms with Gasteiger partial charge < -0.3 is 10.0 Å². The SMILES string of the molecule is Cc1cc(C(=O)N2CCC(C)C2CO)c(C)nn1. The van der Waals surface area contributed by atoms with Crippen LogP contribution in [0.1, 0.15) is 35.1 Å². The molecule has 0 saturated carbocycles. The fraction of sp³-hybridized carbons (Fsp3) is 0.615. The normalized spacial score (nSPS) is 23.4. The van der Waals surface area contributed by atoms with Crippen LogP contribution in [-0.2, 0) is 0 Å². The molecule has 2 unspecified atom stereocenters. The minimum Gasteiger partial charge on any atom is -0.394 e. The van der Waals surface area contributed by atoms with Gasteiger partial charge in [-0.25, -0.2) is 0 Å². The number of aliphatic hydroxyl groups excluding tert-OH is 1. The Morgan fingerprint density at radius 2 is 2.22 bits per heavy atom. The van der Waals surface area contributed by atoms with Crippen molar-refractivity contribution in [3.05, 3.63) is 23.0 Å². The molecular weight excluding hydrogens is 230 g/mol. The lowest BCUT2D eigenvalue weighted by atomic mass is 10.0. The van der Waals surface area contributed by atoms with Crippen LogP contribution < -0.4 is 0 Å². The molecule has 1 aromatic heterocycles. The lowest BCUT2D eigenvalue weighted by Crippen LogP contribution is -2.40. The van der Waals surface area contributed by atoms with Gasteiger partial charge in [-0.1, -0.05) is 6.92 Å². The summed E-state index contributed by atoms with van der Waals surface area (Å²) in [6, 6.07) is 1.69. The third kappa shape index (κ3) is 2.22. The smallest absolute Gasteiger partial charge is 0.256 e. The standard InChI is InChI=1S/C13H19N3O2/c1-8-4-5-16(12(8)7-17)13(18)11-6-9(2)14-15-10(11)3/h6,8,12,17H,4-5,7H2,1-3H3. The molecule has 1 aliphatic rings. The Bertz CT molecular complexity index is 462. The molecule has 1 fully saturated rings. The molecule has 1 saturated heterocycles. The third-order valence-corrected chi connectivity index (χ3v) is 3.66. The summed E-state index contributed by atoms with van der Waals surface area (Å²) in [5, 5.41) is 17.3. The van der Waals surface area contributed by atoms with Crippen LogP contribution in [0.3, 0.4) is 0 Å². The van der Waals surface area contributed by atoms with Gasteiger partial charge in [-0.2, -0.15) is 10.2 Å². The average molecular weight is 249 g/mol. The van der Waals surface area contributed by atoms with Gasteiger partial charge in [-0.05, 0) is 32.3 Å². The number of aryl methyl sites for hydroxylation is 2. The van der Waals surface area contributed by atoms with E-state index in [1.807, 2.05) is 6.92 Å². The summed E-state index contributed by atoms with van der Waals surface area (Å²) in [6.07, 6.45) is 0.938. The van der Waals surface area contributed by atoms with E-state index < -0.39 is 0 Å². The fourth-order valence-electron chi connectivity index (χ4n) is 2.46. The predicted molar refractivity (Wildman–Crippen MR) is 67.2 cm³/mol. The fourth-order valence-corrected chi connectivity index (χ4v) is 2.46. The van der Waals surface area contributed by atoms with Gasteiger partial charge in [0.1, 0.15) is 0 Å². The van der Waals surface area contributed by atoms with Crippen LogP contribution in [0.4, 0.5) is 0 Å². The van der Waals surface area contributed by atoms with E-state index in [2.05, 4.69) is 17.1 Å². The van der Waals surface area contributed by atoms with Crippen molar-refractivity contribution in [3.63, 3.8) is 0 Å². The van der Waals surface area contributed by atoms with E-state index in [0.717, 1.165) is 12.1 Å². The lowest BCUT2D eigenvalue weighted by Gasteiger charge is -2.25. The van der Waals surface area contributed by atoms with Crippen molar-refractivity contribution in [2.45, 2.75) is 33.2 Å². The Balaban J connectivity index is 2.28. The van der Waals surface area contributed by atoms with Crippen molar-refractivity contribution < 1.29 is 9.90 Å². The molecule has 98 valence electrons. The monoisotopic (exact) mass is 249 g/mol. The van der Waals surface area contributed by atoms with Crippen molar-refractivity contribution in [2.75, 3.05) is 13.2 Å². The summed E-state index contributed by atoms with van der Waals surface area (Å²) < 4.78 is 0. The van der Waals surface area contributed by atoms with Gasteiger partial charge in [0, 0.05) is 6.54 Å². The summed E-state index contributed by atoms with van der Waals surface area (Å²) in [5.74, 6) is 0.295. The molecule has 0 spiro atoms. The highest BCUT2D eigenvalue weighted by Gasteiger charge is 2.34. The maximum Gasteiger partial charge on any atom is 0.256 e. The number of nitrogens with zero attached hydrogens (tertiary/aromatic N) is 3. The highest BCUT2D eigenvalue weighted by molar-refractivity contribution is 5.95. The number of amides is 1. The van der Waals surface area contributed by atoms with E-state index in [1.165, 1.54) is 0 Å². The van der Waals surface area contributed by atoms with E-state index in [1.54, 1.807) is 17.9 Å². The first-order valence-electron chi connectivity index (χ1n) is 6.27. The number of aliphatic hydroxyl groups is 1. The van der Waals surface area contributed by atoms with Gasteiger partial charge in [0.25, 0.3) is 5.91 Å². The number of hydrogen-bond acceptors (Lipinski definition) is 4. The van der Waals surface area contributed by atoms with Crippen LogP contribution in [0.25, 0.3) is 0 Å². The van der Waals surface area contributed by atoms with Crippen molar-refractivity contribution in [1.29, 1.82) is 0 Å². The molecule has 0 aromatic carbocycles. The van der Waals surface area contributed by atoms with Gasteiger partial charge in [-0.3, -0.25) is 4.79 Å². The van der Waals surface area contributed by atoms with Crippen LogP contribution in [0, 0.1) is 19.8 Å². The van der Waals surface area contributed by atoms with Crippen LogP contribution in [0.2, 0.25) is 0 Å². The van der Waals surface area contributed by atoms with E-state index >= 15 is 0 Å². The second-order valence-corrected chi connectivity index (χ2v) is 5.00. The number of aromatic nitrogens is 2.